The number of likely N-dealkylation sites (N-methyl/N-ethyl adjacent to an activating group) is 1. The van der Waals surface area contributed by atoms with Gasteiger partial charge in [0.2, 0.25) is 11.8 Å². The molecule has 5 nitrogen and oxygen atoms in total. The zero-order valence-electron chi connectivity index (χ0n) is 12.0. The van der Waals surface area contributed by atoms with Crippen molar-refractivity contribution < 1.29 is 9.59 Å². The van der Waals surface area contributed by atoms with E-state index >= 15 is 0 Å². The van der Waals surface area contributed by atoms with Gasteiger partial charge in [-0.1, -0.05) is 13.8 Å². The summed E-state index contributed by atoms with van der Waals surface area (Å²) in [6, 6.07) is -0.545. The van der Waals surface area contributed by atoms with Gasteiger partial charge in [0.05, 0.1) is 12.6 Å². The van der Waals surface area contributed by atoms with E-state index < -0.39 is 6.04 Å². The predicted molar refractivity (Wildman–Crippen MR) is 78.0 cm³/mol. The third-order valence-electron chi connectivity index (χ3n) is 3.34. The largest absolute Gasteiger partial charge is 0.346 e. The monoisotopic (exact) mass is 291 g/mol. The number of amides is 2. The van der Waals surface area contributed by atoms with Crippen molar-refractivity contribution in [2.45, 2.75) is 39.7 Å². The molecule has 3 N–H and O–H groups in total. The van der Waals surface area contributed by atoms with Gasteiger partial charge in [-0.05, 0) is 31.6 Å². The maximum Gasteiger partial charge on any atom is 0.241 e. The van der Waals surface area contributed by atoms with Crippen molar-refractivity contribution >= 4 is 24.2 Å². The highest BCUT2D eigenvalue weighted by Crippen LogP contribution is 2.29. The van der Waals surface area contributed by atoms with Gasteiger partial charge in [-0.15, -0.1) is 12.4 Å². The standard InChI is InChI=1S/C13H25N3O2.ClH/c1-4-16(8-10-5-6-10)11(17)7-15-13(18)12(14)9(2)3;/h9-10,12H,4-8,14H2,1-3H3,(H,15,18);1H/t12-;/m0./s1. The number of carbonyl (C=O) groups excluding carboxylic acids is 2. The first-order valence-corrected chi connectivity index (χ1v) is 6.76. The molecule has 0 heterocycles. The smallest absolute Gasteiger partial charge is 0.241 e. The molecule has 6 heteroatoms. The predicted octanol–water partition coefficient (Wildman–Crippen LogP) is 0.766. The molecule has 0 saturated heterocycles. The molecular formula is C13H26ClN3O2. The summed E-state index contributed by atoms with van der Waals surface area (Å²) in [7, 11) is 0. The zero-order chi connectivity index (χ0) is 13.7. The van der Waals surface area contributed by atoms with Gasteiger partial charge in [0.15, 0.2) is 0 Å². The van der Waals surface area contributed by atoms with Crippen LogP contribution in [0.1, 0.15) is 33.6 Å². The maximum absolute atomic E-state index is 11.9. The van der Waals surface area contributed by atoms with Crippen molar-refractivity contribution in [3.8, 4) is 0 Å². The maximum atomic E-state index is 11.9. The summed E-state index contributed by atoms with van der Waals surface area (Å²) in [5.41, 5.74) is 5.71. The summed E-state index contributed by atoms with van der Waals surface area (Å²) in [4.78, 5) is 25.3. The van der Waals surface area contributed by atoms with Crippen LogP contribution in [-0.4, -0.2) is 42.4 Å². The van der Waals surface area contributed by atoms with Crippen LogP contribution in [0.2, 0.25) is 0 Å². The van der Waals surface area contributed by atoms with Crippen molar-refractivity contribution in [3.05, 3.63) is 0 Å². The van der Waals surface area contributed by atoms with Crippen LogP contribution in [-0.2, 0) is 9.59 Å². The van der Waals surface area contributed by atoms with Crippen LogP contribution in [0, 0.1) is 11.8 Å². The van der Waals surface area contributed by atoms with E-state index in [1.807, 2.05) is 20.8 Å². The van der Waals surface area contributed by atoms with Crippen molar-refractivity contribution in [2.24, 2.45) is 17.6 Å². The molecule has 0 unspecified atom stereocenters. The molecule has 112 valence electrons. The Morgan fingerprint density at radius 1 is 1.37 bits per heavy atom. The van der Waals surface area contributed by atoms with Crippen LogP contribution >= 0.6 is 12.4 Å². The second-order valence-electron chi connectivity index (χ2n) is 5.36. The van der Waals surface area contributed by atoms with Crippen molar-refractivity contribution in [1.82, 2.24) is 10.2 Å². The average molecular weight is 292 g/mol. The Morgan fingerprint density at radius 3 is 2.37 bits per heavy atom. The van der Waals surface area contributed by atoms with Crippen LogP contribution < -0.4 is 11.1 Å². The van der Waals surface area contributed by atoms with Gasteiger partial charge in [0.1, 0.15) is 0 Å². The van der Waals surface area contributed by atoms with Gasteiger partial charge in [-0.3, -0.25) is 9.59 Å². The van der Waals surface area contributed by atoms with E-state index in [0.717, 1.165) is 6.54 Å². The number of hydrogen-bond donors (Lipinski definition) is 2. The van der Waals surface area contributed by atoms with E-state index in [2.05, 4.69) is 5.32 Å². The van der Waals surface area contributed by atoms with E-state index in [1.54, 1.807) is 4.90 Å². The number of hydrogen-bond acceptors (Lipinski definition) is 3. The molecule has 0 aromatic rings. The molecule has 1 saturated carbocycles. The molecule has 1 aliphatic rings. The zero-order valence-corrected chi connectivity index (χ0v) is 12.8. The van der Waals surface area contributed by atoms with E-state index in [-0.39, 0.29) is 36.7 Å². The normalized spacial score (nSPS) is 15.6. The first-order valence-electron chi connectivity index (χ1n) is 6.76. The van der Waals surface area contributed by atoms with Gasteiger partial charge >= 0.3 is 0 Å². The highest BCUT2D eigenvalue weighted by atomic mass is 35.5. The van der Waals surface area contributed by atoms with Crippen molar-refractivity contribution in [1.29, 1.82) is 0 Å². The summed E-state index contributed by atoms with van der Waals surface area (Å²) < 4.78 is 0. The molecular weight excluding hydrogens is 266 g/mol. The Hall–Kier alpha value is -0.810. The second kappa shape index (κ2) is 8.38. The molecule has 19 heavy (non-hydrogen) atoms. The number of nitrogens with zero attached hydrogens (tertiary/aromatic N) is 1. The van der Waals surface area contributed by atoms with Gasteiger partial charge < -0.3 is 16.0 Å². The summed E-state index contributed by atoms with van der Waals surface area (Å²) in [5, 5.41) is 2.62. The third kappa shape index (κ3) is 6.25. The van der Waals surface area contributed by atoms with E-state index in [1.165, 1.54) is 12.8 Å². The first-order chi connectivity index (χ1) is 8.45. The quantitative estimate of drug-likeness (QED) is 0.727. The average Bonchev–Trinajstić information content (AvgIpc) is 3.15. The lowest BCUT2D eigenvalue weighted by atomic mass is 10.1. The lowest BCUT2D eigenvalue weighted by Gasteiger charge is -2.22. The first kappa shape index (κ1) is 18.2. The minimum atomic E-state index is -0.545. The summed E-state index contributed by atoms with van der Waals surface area (Å²) in [6.45, 7) is 7.31. The number of carbonyl (C=O) groups is 2. The molecule has 1 fully saturated rings. The van der Waals surface area contributed by atoms with E-state index in [4.69, 9.17) is 5.73 Å². The van der Waals surface area contributed by atoms with Crippen LogP contribution in [0.4, 0.5) is 0 Å². The highest BCUT2D eigenvalue weighted by molar-refractivity contribution is 5.87. The Balaban J connectivity index is 0.00000324. The summed E-state index contributed by atoms with van der Waals surface area (Å²) in [5.74, 6) is 0.478. The number of nitrogens with one attached hydrogen (secondary N) is 1. The molecule has 0 aliphatic heterocycles. The molecule has 1 rings (SSSR count). The fourth-order valence-electron chi connectivity index (χ4n) is 1.71. The topological polar surface area (TPSA) is 75.4 Å². The SMILES string of the molecule is CCN(CC1CC1)C(=O)CNC(=O)[C@@H](N)C(C)C.Cl. The molecule has 2 amide bonds. The molecule has 0 bridgehead atoms. The minimum Gasteiger partial charge on any atom is -0.346 e. The molecule has 0 aromatic heterocycles. The third-order valence-corrected chi connectivity index (χ3v) is 3.34. The van der Waals surface area contributed by atoms with Gasteiger partial charge in [-0.25, -0.2) is 0 Å². The van der Waals surface area contributed by atoms with Crippen molar-refractivity contribution in [2.75, 3.05) is 19.6 Å². The Bertz CT molecular complexity index is 306. The second-order valence-corrected chi connectivity index (χ2v) is 5.36. The van der Waals surface area contributed by atoms with Crippen LogP contribution in [0.3, 0.4) is 0 Å². The van der Waals surface area contributed by atoms with Crippen LogP contribution in [0.15, 0.2) is 0 Å². The van der Waals surface area contributed by atoms with E-state index in [9.17, 15) is 9.59 Å². The van der Waals surface area contributed by atoms with E-state index in [0.29, 0.717) is 12.5 Å². The molecule has 0 aromatic carbocycles. The van der Waals surface area contributed by atoms with Crippen molar-refractivity contribution in [3.63, 3.8) is 0 Å². The van der Waals surface area contributed by atoms with Crippen LogP contribution in [0.25, 0.3) is 0 Å². The molecule has 1 aliphatic carbocycles. The Kier molecular flexibility index (Phi) is 8.02. The Labute approximate surface area is 121 Å². The summed E-state index contributed by atoms with van der Waals surface area (Å²) in [6.07, 6.45) is 2.43. The highest BCUT2D eigenvalue weighted by Gasteiger charge is 2.26. The minimum absolute atomic E-state index is 0. The van der Waals surface area contributed by atoms with Gasteiger partial charge in [-0.2, -0.15) is 0 Å². The fourth-order valence-corrected chi connectivity index (χ4v) is 1.71. The number of halogens is 1. The summed E-state index contributed by atoms with van der Waals surface area (Å²) >= 11 is 0. The number of nitrogens with two attached hydrogens (primary N) is 1. The fraction of sp³-hybridized carbons (Fsp3) is 0.846. The Morgan fingerprint density at radius 2 is 1.95 bits per heavy atom. The lowest BCUT2D eigenvalue weighted by molar-refractivity contribution is -0.133. The van der Waals surface area contributed by atoms with Gasteiger partial charge in [0, 0.05) is 13.1 Å². The molecule has 0 spiro atoms. The molecule has 0 radical (unpaired) electrons. The van der Waals surface area contributed by atoms with Crippen LogP contribution in [0.5, 0.6) is 0 Å². The molecule has 1 atom stereocenters. The number of rotatable bonds is 7. The lowest BCUT2D eigenvalue weighted by Crippen LogP contribution is -2.48. The van der Waals surface area contributed by atoms with Gasteiger partial charge in [0.25, 0.3) is 0 Å².